The van der Waals surface area contributed by atoms with Gasteiger partial charge in [-0.3, -0.25) is 0 Å². The highest BCUT2D eigenvalue weighted by molar-refractivity contribution is 6.30. The summed E-state index contributed by atoms with van der Waals surface area (Å²) in [7, 11) is 0. The van der Waals surface area contributed by atoms with E-state index in [0.29, 0.717) is 17.0 Å². The number of halogens is 2. The molecule has 96 valence electrons. The van der Waals surface area contributed by atoms with E-state index in [1.54, 1.807) is 24.5 Å². The summed E-state index contributed by atoms with van der Waals surface area (Å²) >= 11 is 5.76. The molecule has 0 aliphatic heterocycles. The van der Waals surface area contributed by atoms with Crippen LogP contribution >= 0.6 is 11.6 Å². The molecule has 1 aromatic carbocycles. The van der Waals surface area contributed by atoms with Crippen LogP contribution in [0.1, 0.15) is 24.4 Å². The van der Waals surface area contributed by atoms with E-state index in [1.807, 2.05) is 6.92 Å². The van der Waals surface area contributed by atoms with E-state index in [9.17, 15) is 4.39 Å². The molecule has 0 radical (unpaired) electrons. The minimum absolute atomic E-state index is 0.113. The topological polar surface area (TPSA) is 40.7 Å². The maximum Gasteiger partial charge on any atom is 0.129 e. The van der Waals surface area contributed by atoms with Crippen LogP contribution in [0.5, 0.6) is 0 Å². The first-order chi connectivity index (χ1) is 8.70. The Balaban J connectivity index is 2.23. The summed E-state index contributed by atoms with van der Waals surface area (Å²) in [6.45, 7) is 2.75. The van der Waals surface area contributed by atoms with Crippen LogP contribution in [0.15, 0.2) is 30.6 Å². The van der Waals surface area contributed by atoms with Crippen molar-refractivity contribution in [2.45, 2.75) is 19.4 Å². The van der Waals surface area contributed by atoms with Crippen molar-refractivity contribution >= 4 is 11.6 Å². The first-order valence-corrected chi connectivity index (χ1v) is 6.25. The predicted molar refractivity (Wildman–Crippen MR) is 70.1 cm³/mol. The van der Waals surface area contributed by atoms with Crippen molar-refractivity contribution in [3.8, 4) is 0 Å². The highest BCUT2D eigenvalue weighted by atomic mass is 35.5. The molecule has 2 rings (SSSR count). The van der Waals surface area contributed by atoms with E-state index in [1.165, 1.54) is 6.07 Å². The molecule has 0 spiro atoms. The van der Waals surface area contributed by atoms with Crippen molar-refractivity contribution in [2.75, 3.05) is 6.54 Å². The molecule has 0 aliphatic carbocycles. The van der Waals surface area contributed by atoms with Gasteiger partial charge in [-0.15, -0.1) is 0 Å². The summed E-state index contributed by atoms with van der Waals surface area (Å²) < 4.78 is 13.9. The van der Waals surface area contributed by atoms with Gasteiger partial charge in [-0.25, -0.2) is 9.37 Å². The average molecular weight is 268 g/mol. The van der Waals surface area contributed by atoms with Gasteiger partial charge in [0.2, 0.25) is 0 Å². The van der Waals surface area contributed by atoms with E-state index in [2.05, 4.69) is 15.3 Å². The molecule has 0 saturated carbocycles. The third-order valence-electron chi connectivity index (χ3n) is 2.74. The van der Waals surface area contributed by atoms with Gasteiger partial charge in [0.25, 0.3) is 0 Å². The number of hydrogen-bond donors (Lipinski definition) is 2. The Labute approximate surface area is 110 Å². The fraction of sp³-hybridized carbons (Fsp3) is 0.308. The molecule has 2 aromatic rings. The molecular formula is C13H15ClFN3. The fourth-order valence-electron chi connectivity index (χ4n) is 1.93. The molecule has 1 unspecified atom stereocenters. The molecule has 18 heavy (non-hydrogen) atoms. The van der Waals surface area contributed by atoms with Gasteiger partial charge in [0.05, 0.1) is 0 Å². The van der Waals surface area contributed by atoms with E-state index in [-0.39, 0.29) is 11.9 Å². The first-order valence-electron chi connectivity index (χ1n) is 5.87. The minimum Gasteiger partial charge on any atom is -0.349 e. The summed E-state index contributed by atoms with van der Waals surface area (Å²) in [4.78, 5) is 7.19. The zero-order chi connectivity index (χ0) is 13.0. The number of rotatable bonds is 5. The Hall–Kier alpha value is -1.39. The van der Waals surface area contributed by atoms with Crippen molar-refractivity contribution < 1.29 is 4.39 Å². The number of aromatic nitrogens is 2. The summed E-state index contributed by atoms with van der Waals surface area (Å²) in [5.74, 6) is 0.537. The quantitative estimate of drug-likeness (QED) is 0.874. The number of likely N-dealkylation sites (N-methyl/N-ethyl adjacent to an activating group) is 1. The number of hydrogen-bond acceptors (Lipinski definition) is 2. The number of imidazole rings is 1. The molecule has 0 bridgehead atoms. The average Bonchev–Trinajstić information content (AvgIpc) is 2.81. The lowest BCUT2D eigenvalue weighted by Gasteiger charge is -2.18. The largest absolute Gasteiger partial charge is 0.349 e. The van der Waals surface area contributed by atoms with Gasteiger partial charge in [0.15, 0.2) is 0 Å². The van der Waals surface area contributed by atoms with Gasteiger partial charge in [-0.05, 0) is 18.7 Å². The fourth-order valence-corrected chi connectivity index (χ4v) is 2.08. The zero-order valence-electron chi connectivity index (χ0n) is 10.1. The molecular weight excluding hydrogens is 253 g/mol. The monoisotopic (exact) mass is 267 g/mol. The van der Waals surface area contributed by atoms with Crippen LogP contribution in [0.25, 0.3) is 0 Å². The molecule has 0 aliphatic rings. The van der Waals surface area contributed by atoms with Gasteiger partial charge in [-0.1, -0.05) is 24.6 Å². The zero-order valence-corrected chi connectivity index (χ0v) is 10.8. The lowest BCUT2D eigenvalue weighted by atomic mass is 10.0. The Morgan fingerprint density at radius 3 is 2.94 bits per heavy atom. The van der Waals surface area contributed by atoms with Crippen LogP contribution in [0.3, 0.4) is 0 Å². The molecule has 0 fully saturated rings. The summed E-state index contributed by atoms with van der Waals surface area (Å²) in [5, 5.41) is 3.66. The standard InChI is InChI=1S/C13H15ClFN3/c1-2-16-12(8-13-17-5-6-18-13)10-4-3-9(14)7-11(10)15/h3-7,12,16H,2,8H2,1H3,(H,17,18). The molecule has 0 saturated heterocycles. The van der Waals surface area contributed by atoms with Crippen LogP contribution in [0, 0.1) is 5.82 Å². The van der Waals surface area contributed by atoms with Crippen molar-refractivity contribution in [3.05, 3.63) is 52.8 Å². The van der Waals surface area contributed by atoms with Gasteiger partial charge >= 0.3 is 0 Å². The van der Waals surface area contributed by atoms with Crippen LogP contribution in [-0.2, 0) is 6.42 Å². The lowest BCUT2D eigenvalue weighted by molar-refractivity contribution is 0.503. The van der Waals surface area contributed by atoms with E-state index < -0.39 is 0 Å². The maximum absolute atomic E-state index is 13.9. The Morgan fingerprint density at radius 2 is 2.33 bits per heavy atom. The number of H-pyrrole nitrogens is 1. The second-order valence-electron chi connectivity index (χ2n) is 4.02. The van der Waals surface area contributed by atoms with Crippen molar-refractivity contribution in [2.24, 2.45) is 0 Å². The first kappa shape index (κ1) is 13.1. The maximum atomic E-state index is 13.9. The number of benzene rings is 1. The summed E-state index contributed by atoms with van der Waals surface area (Å²) in [6.07, 6.45) is 4.06. The third-order valence-corrected chi connectivity index (χ3v) is 2.98. The van der Waals surface area contributed by atoms with Crippen LogP contribution in [0.4, 0.5) is 4.39 Å². The van der Waals surface area contributed by atoms with E-state index in [4.69, 9.17) is 11.6 Å². The highest BCUT2D eigenvalue weighted by Crippen LogP contribution is 2.23. The molecule has 3 nitrogen and oxygen atoms in total. The van der Waals surface area contributed by atoms with Crippen LogP contribution < -0.4 is 5.32 Å². The number of nitrogens with one attached hydrogen (secondary N) is 2. The lowest BCUT2D eigenvalue weighted by Crippen LogP contribution is -2.24. The molecule has 1 heterocycles. The van der Waals surface area contributed by atoms with Gasteiger partial charge in [0.1, 0.15) is 11.6 Å². The Bertz CT molecular complexity index is 499. The molecule has 2 N–H and O–H groups in total. The molecule has 5 heteroatoms. The molecule has 1 atom stereocenters. The predicted octanol–water partition coefficient (Wildman–Crippen LogP) is 3.10. The van der Waals surface area contributed by atoms with Crippen molar-refractivity contribution in [3.63, 3.8) is 0 Å². The smallest absolute Gasteiger partial charge is 0.129 e. The van der Waals surface area contributed by atoms with Gasteiger partial charge < -0.3 is 10.3 Å². The second kappa shape index (κ2) is 5.98. The normalized spacial score (nSPS) is 12.6. The van der Waals surface area contributed by atoms with E-state index >= 15 is 0 Å². The van der Waals surface area contributed by atoms with Gasteiger partial charge in [0, 0.05) is 35.4 Å². The Morgan fingerprint density at radius 1 is 1.50 bits per heavy atom. The van der Waals surface area contributed by atoms with Crippen LogP contribution in [0.2, 0.25) is 5.02 Å². The summed E-state index contributed by atoms with van der Waals surface area (Å²) in [5.41, 5.74) is 0.609. The van der Waals surface area contributed by atoms with Crippen LogP contribution in [-0.4, -0.2) is 16.5 Å². The SMILES string of the molecule is CCNC(Cc1ncc[nH]1)c1ccc(Cl)cc1F. The van der Waals surface area contributed by atoms with Crippen molar-refractivity contribution in [1.29, 1.82) is 0 Å². The Kier molecular flexibility index (Phi) is 4.33. The minimum atomic E-state index is -0.292. The molecule has 0 amide bonds. The van der Waals surface area contributed by atoms with E-state index in [0.717, 1.165) is 12.4 Å². The highest BCUT2D eigenvalue weighted by Gasteiger charge is 2.16. The number of nitrogens with zero attached hydrogens (tertiary/aromatic N) is 1. The number of aromatic amines is 1. The summed E-state index contributed by atoms with van der Waals surface area (Å²) in [6, 6.07) is 4.64. The second-order valence-corrected chi connectivity index (χ2v) is 4.45. The molecule has 1 aromatic heterocycles. The van der Waals surface area contributed by atoms with Gasteiger partial charge in [-0.2, -0.15) is 0 Å². The third kappa shape index (κ3) is 3.09. The van der Waals surface area contributed by atoms with Crippen molar-refractivity contribution in [1.82, 2.24) is 15.3 Å².